The van der Waals surface area contributed by atoms with Crippen molar-refractivity contribution in [2.75, 3.05) is 32.0 Å². The van der Waals surface area contributed by atoms with Gasteiger partial charge in [0.15, 0.2) is 0 Å². The molecule has 136 valence electrons. The Morgan fingerprint density at radius 1 is 1.19 bits per heavy atom. The minimum Gasteiger partial charge on any atom is -0.383 e. The van der Waals surface area contributed by atoms with Gasteiger partial charge in [-0.05, 0) is 11.6 Å². The van der Waals surface area contributed by atoms with Gasteiger partial charge in [-0.15, -0.1) is 0 Å². The zero-order chi connectivity index (χ0) is 19.2. The van der Waals surface area contributed by atoms with E-state index in [1.54, 1.807) is 4.90 Å². The Morgan fingerprint density at radius 3 is 2.48 bits per heavy atom. The molecule has 2 N–H and O–H groups in total. The largest absolute Gasteiger partial charge is 0.383 e. The molecule has 1 aliphatic heterocycles. The lowest BCUT2D eigenvalue weighted by atomic mass is 10.1. The van der Waals surface area contributed by atoms with E-state index in [9.17, 15) is 10.1 Å². The Bertz CT molecular complexity index is 914. The van der Waals surface area contributed by atoms with Gasteiger partial charge in [0.25, 0.3) is 0 Å². The number of morpholine rings is 1. The number of nitrogen functional groups attached to an aromatic ring is 1. The number of nitrogens with two attached hydrogens (primary N) is 1. The van der Waals surface area contributed by atoms with Gasteiger partial charge < -0.3 is 15.4 Å². The Hall–Kier alpha value is -3.07. The van der Waals surface area contributed by atoms with Crippen LogP contribution in [0.25, 0.3) is 0 Å². The van der Waals surface area contributed by atoms with Crippen LogP contribution >= 0.6 is 11.8 Å². The monoisotopic (exact) mass is 379 g/mol. The van der Waals surface area contributed by atoms with E-state index in [4.69, 9.17) is 15.7 Å². The van der Waals surface area contributed by atoms with Gasteiger partial charge in [-0.2, -0.15) is 10.5 Å². The summed E-state index contributed by atoms with van der Waals surface area (Å²) in [6.07, 6.45) is 0. The molecule has 0 radical (unpaired) electrons. The SMILES string of the molecule is N#Cc1cc(C#N)c(S[C@@H](C(=O)N2CCOCC2)c2ccccc2)nc1N. The molecular weight excluding hydrogens is 362 g/mol. The lowest BCUT2D eigenvalue weighted by molar-refractivity contribution is -0.134. The zero-order valence-corrected chi connectivity index (χ0v) is 15.3. The average molecular weight is 379 g/mol. The molecule has 1 saturated heterocycles. The Morgan fingerprint density at radius 2 is 1.85 bits per heavy atom. The minimum absolute atomic E-state index is 0.0460. The van der Waals surface area contributed by atoms with Crippen molar-refractivity contribution < 1.29 is 9.53 Å². The second-order valence-corrected chi connectivity index (χ2v) is 6.94. The van der Waals surface area contributed by atoms with Gasteiger partial charge in [0, 0.05) is 13.1 Å². The molecular formula is C19H17N5O2S. The van der Waals surface area contributed by atoms with Gasteiger partial charge in [0.2, 0.25) is 5.91 Å². The third kappa shape index (κ3) is 4.20. The highest BCUT2D eigenvalue weighted by Crippen LogP contribution is 2.38. The Balaban J connectivity index is 1.97. The summed E-state index contributed by atoms with van der Waals surface area (Å²) in [6.45, 7) is 2.06. The lowest BCUT2D eigenvalue weighted by Gasteiger charge is -2.30. The number of nitriles is 2. The van der Waals surface area contributed by atoms with Crippen molar-refractivity contribution >= 4 is 23.5 Å². The van der Waals surface area contributed by atoms with Crippen LogP contribution in [0.4, 0.5) is 5.82 Å². The van der Waals surface area contributed by atoms with Crippen LogP contribution in [-0.4, -0.2) is 42.1 Å². The molecule has 1 atom stereocenters. The number of hydrogen-bond donors (Lipinski definition) is 1. The van der Waals surface area contributed by atoms with E-state index >= 15 is 0 Å². The van der Waals surface area contributed by atoms with Crippen LogP contribution in [0.2, 0.25) is 0 Å². The van der Waals surface area contributed by atoms with Crippen molar-refractivity contribution in [1.29, 1.82) is 10.5 Å². The van der Waals surface area contributed by atoms with Crippen LogP contribution in [-0.2, 0) is 9.53 Å². The standard InChI is InChI=1S/C19H17N5O2S/c20-11-14-10-15(12-21)18(23-17(14)22)27-16(13-4-2-1-3-5-13)19(25)24-6-8-26-9-7-24/h1-5,10,16H,6-9H2,(H2,22,23)/t16-/m1/s1. The van der Waals surface area contributed by atoms with Crippen molar-refractivity contribution in [3.63, 3.8) is 0 Å². The number of nitrogens with zero attached hydrogens (tertiary/aromatic N) is 4. The summed E-state index contributed by atoms with van der Waals surface area (Å²) in [5.74, 6) is -0.0206. The summed E-state index contributed by atoms with van der Waals surface area (Å²) in [4.78, 5) is 19.1. The van der Waals surface area contributed by atoms with Gasteiger partial charge in [-0.3, -0.25) is 4.79 Å². The molecule has 27 heavy (non-hydrogen) atoms. The van der Waals surface area contributed by atoms with Gasteiger partial charge in [0.05, 0.1) is 24.3 Å². The normalized spacial score (nSPS) is 14.8. The van der Waals surface area contributed by atoms with Crippen molar-refractivity contribution in [3.05, 3.63) is 53.1 Å². The van der Waals surface area contributed by atoms with Crippen LogP contribution in [0, 0.1) is 22.7 Å². The van der Waals surface area contributed by atoms with Gasteiger partial charge in [-0.1, -0.05) is 42.1 Å². The second-order valence-electron chi connectivity index (χ2n) is 5.84. The van der Waals surface area contributed by atoms with Crippen LogP contribution in [0.3, 0.4) is 0 Å². The number of anilines is 1. The summed E-state index contributed by atoms with van der Waals surface area (Å²) >= 11 is 1.17. The number of rotatable bonds is 4. The van der Waals surface area contributed by atoms with Gasteiger partial charge in [0.1, 0.15) is 28.2 Å². The lowest BCUT2D eigenvalue weighted by Crippen LogP contribution is -2.42. The number of amides is 1. The second kappa shape index (κ2) is 8.54. The van der Waals surface area contributed by atoms with Gasteiger partial charge >= 0.3 is 0 Å². The van der Waals surface area contributed by atoms with E-state index in [1.165, 1.54) is 17.8 Å². The minimum atomic E-state index is -0.573. The highest BCUT2D eigenvalue weighted by Gasteiger charge is 2.29. The van der Waals surface area contributed by atoms with Crippen molar-refractivity contribution in [2.24, 2.45) is 0 Å². The summed E-state index contributed by atoms with van der Waals surface area (Å²) in [5, 5.41) is 18.3. The van der Waals surface area contributed by atoms with Crippen LogP contribution in [0.1, 0.15) is 21.9 Å². The molecule has 1 aromatic heterocycles. The molecule has 1 amide bonds. The van der Waals surface area contributed by atoms with Crippen LogP contribution < -0.4 is 5.73 Å². The number of ether oxygens (including phenoxy) is 1. The molecule has 0 spiro atoms. The predicted molar refractivity (Wildman–Crippen MR) is 101 cm³/mol. The zero-order valence-electron chi connectivity index (χ0n) is 14.5. The fraction of sp³-hybridized carbons (Fsp3) is 0.263. The Labute approximate surface area is 161 Å². The van der Waals surface area contributed by atoms with E-state index in [2.05, 4.69) is 4.98 Å². The van der Waals surface area contributed by atoms with Crippen molar-refractivity contribution in [3.8, 4) is 12.1 Å². The quantitative estimate of drug-likeness (QED) is 0.809. The number of carbonyl (C=O) groups excluding carboxylic acids is 1. The smallest absolute Gasteiger partial charge is 0.240 e. The number of pyridine rings is 1. The molecule has 0 bridgehead atoms. The van der Waals surface area contributed by atoms with E-state index in [-0.39, 0.29) is 22.9 Å². The summed E-state index contributed by atoms with van der Waals surface area (Å²) in [6, 6.07) is 14.7. The molecule has 3 rings (SSSR count). The van der Waals surface area contributed by atoms with E-state index in [1.807, 2.05) is 42.5 Å². The topological polar surface area (TPSA) is 116 Å². The fourth-order valence-corrected chi connectivity index (χ4v) is 3.87. The number of benzene rings is 1. The molecule has 0 aliphatic carbocycles. The van der Waals surface area contributed by atoms with E-state index < -0.39 is 5.25 Å². The summed E-state index contributed by atoms with van der Waals surface area (Å²) in [7, 11) is 0. The maximum atomic E-state index is 13.2. The molecule has 1 aromatic carbocycles. The molecule has 8 heteroatoms. The van der Waals surface area contributed by atoms with Crippen LogP contribution in [0.5, 0.6) is 0 Å². The summed E-state index contributed by atoms with van der Waals surface area (Å²) in [5.41, 5.74) is 7.00. The van der Waals surface area contributed by atoms with Crippen molar-refractivity contribution in [1.82, 2.24) is 9.88 Å². The number of hydrogen-bond acceptors (Lipinski definition) is 7. The Kier molecular flexibility index (Phi) is 5.92. The first-order valence-electron chi connectivity index (χ1n) is 8.33. The van der Waals surface area contributed by atoms with Gasteiger partial charge in [-0.25, -0.2) is 4.98 Å². The van der Waals surface area contributed by atoms with Crippen LogP contribution in [0.15, 0.2) is 41.4 Å². The molecule has 2 heterocycles. The molecule has 1 aliphatic rings. The number of carbonyl (C=O) groups is 1. The van der Waals surface area contributed by atoms with E-state index in [0.717, 1.165) is 5.56 Å². The first-order valence-corrected chi connectivity index (χ1v) is 9.21. The summed E-state index contributed by atoms with van der Waals surface area (Å²) < 4.78 is 5.33. The molecule has 0 unspecified atom stereocenters. The maximum Gasteiger partial charge on any atom is 0.240 e. The first kappa shape index (κ1) is 18.7. The molecule has 7 nitrogen and oxygen atoms in total. The fourth-order valence-electron chi connectivity index (χ4n) is 2.72. The molecule has 2 aromatic rings. The number of aromatic nitrogens is 1. The van der Waals surface area contributed by atoms with E-state index in [0.29, 0.717) is 31.3 Å². The third-order valence-electron chi connectivity index (χ3n) is 4.14. The molecule has 0 saturated carbocycles. The highest BCUT2D eigenvalue weighted by molar-refractivity contribution is 8.00. The van der Waals surface area contributed by atoms with Crippen molar-refractivity contribution in [2.45, 2.75) is 10.3 Å². The number of thioether (sulfide) groups is 1. The molecule has 1 fully saturated rings. The average Bonchev–Trinajstić information content (AvgIpc) is 2.73. The third-order valence-corrected chi connectivity index (χ3v) is 5.38. The highest BCUT2D eigenvalue weighted by atomic mass is 32.2. The predicted octanol–water partition coefficient (Wildman–Crippen LogP) is 2.10. The maximum absolute atomic E-state index is 13.2. The first-order chi connectivity index (χ1) is 13.1.